The Bertz CT molecular complexity index is 528. The lowest BCUT2D eigenvalue weighted by molar-refractivity contribution is 0.0779. The van der Waals surface area contributed by atoms with Crippen molar-refractivity contribution in [3.63, 3.8) is 0 Å². The quantitative estimate of drug-likeness (QED) is 0.875. The Morgan fingerprint density at radius 1 is 1.33 bits per heavy atom. The first-order valence-corrected chi connectivity index (χ1v) is 6.22. The number of carbonyl (C=O) groups is 1. The molecule has 2 aromatic heterocycles. The second-order valence-corrected chi connectivity index (χ2v) is 4.80. The van der Waals surface area contributed by atoms with E-state index in [-0.39, 0.29) is 5.91 Å². The number of carbonyl (C=O) groups excluding carboxylic acids is 1. The number of hydrogen-bond donors (Lipinski definition) is 0. The highest BCUT2D eigenvalue weighted by Gasteiger charge is 2.13. The van der Waals surface area contributed by atoms with Crippen LogP contribution in [-0.4, -0.2) is 27.8 Å². The lowest BCUT2D eigenvalue weighted by Gasteiger charge is -2.16. The van der Waals surface area contributed by atoms with Gasteiger partial charge in [-0.3, -0.25) is 9.78 Å². The van der Waals surface area contributed by atoms with Crippen molar-refractivity contribution in [3.05, 3.63) is 58.6 Å². The van der Waals surface area contributed by atoms with Crippen molar-refractivity contribution in [1.29, 1.82) is 0 Å². The van der Waals surface area contributed by atoms with Gasteiger partial charge in [0.05, 0.1) is 0 Å². The molecule has 0 aliphatic rings. The normalized spacial score (nSPS) is 10.1. The lowest BCUT2D eigenvalue weighted by Crippen LogP contribution is -2.26. The van der Waals surface area contributed by atoms with Gasteiger partial charge >= 0.3 is 0 Å². The van der Waals surface area contributed by atoms with E-state index in [2.05, 4.69) is 25.9 Å². The van der Waals surface area contributed by atoms with Crippen molar-refractivity contribution in [2.45, 2.75) is 6.54 Å². The molecule has 0 radical (unpaired) electrons. The van der Waals surface area contributed by atoms with Crippen molar-refractivity contribution in [2.24, 2.45) is 0 Å². The number of hydrogen-bond acceptors (Lipinski definition) is 3. The fraction of sp³-hybridized carbons (Fsp3) is 0.154. The minimum absolute atomic E-state index is 0.105. The molecule has 5 heteroatoms. The van der Waals surface area contributed by atoms with Gasteiger partial charge in [-0.05, 0) is 39.7 Å². The zero-order valence-electron chi connectivity index (χ0n) is 9.88. The van der Waals surface area contributed by atoms with Crippen LogP contribution in [0.5, 0.6) is 0 Å². The molecule has 0 saturated heterocycles. The van der Waals surface area contributed by atoms with Crippen LogP contribution in [0, 0.1) is 0 Å². The number of rotatable bonds is 3. The number of halogens is 1. The Morgan fingerprint density at radius 2 is 2.17 bits per heavy atom. The molecule has 2 rings (SSSR count). The summed E-state index contributed by atoms with van der Waals surface area (Å²) in [5.41, 5.74) is 1.43. The summed E-state index contributed by atoms with van der Waals surface area (Å²) in [6.07, 6.45) is 5.07. The first kappa shape index (κ1) is 12.7. The molecular formula is C13H12BrN3O. The maximum Gasteiger partial charge on any atom is 0.272 e. The summed E-state index contributed by atoms with van der Waals surface area (Å²) in [6.45, 7) is 0.518. The average molecular weight is 306 g/mol. The maximum absolute atomic E-state index is 12.1. The molecule has 0 aromatic carbocycles. The second kappa shape index (κ2) is 5.73. The third-order valence-electron chi connectivity index (χ3n) is 2.44. The summed E-state index contributed by atoms with van der Waals surface area (Å²) in [7, 11) is 1.75. The number of nitrogens with zero attached hydrogens (tertiary/aromatic N) is 3. The second-order valence-electron chi connectivity index (χ2n) is 3.88. The smallest absolute Gasteiger partial charge is 0.272 e. The largest absolute Gasteiger partial charge is 0.336 e. The van der Waals surface area contributed by atoms with Crippen molar-refractivity contribution >= 4 is 21.8 Å². The summed E-state index contributed by atoms with van der Waals surface area (Å²) in [5.74, 6) is -0.105. The van der Waals surface area contributed by atoms with E-state index in [9.17, 15) is 4.79 Å². The summed E-state index contributed by atoms with van der Waals surface area (Å²) in [6, 6.07) is 7.29. The van der Waals surface area contributed by atoms with Gasteiger partial charge in [0, 0.05) is 36.7 Å². The van der Waals surface area contributed by atoms with Crippen LogP contribution in [-0.2, 0) is 6.54 Å². The molecule has 0 bridgehead atoms. The Kier molecular flexibility index (Phi) is 4.04. The van der Waals surface area contributed by atoms with Gasteiger partial charge < -0.3 is 4.90 Å². The zero-order valence-corrected chi connectivity index (χ0v) is 11.5. The van der Waals surface area contributed by atoms with Crippen LogP contribution in [0.3, 0.4) is 0 Å². The predicted octanol–water partition coefficient (Wildman–Crippen LogP) is 2.51. The van der Waals surface area contributed by atoms with Crippen LogP contribution in [0.1, 0.15) is 16.1 Å². The Balaban J connectivity index is 2.07. The molecule has 0 atom stereocenters. The van der Waals surface area contributed by atoms with Crippen LogP contribution in [0.25, 0.3) is 0 Å². The van der Waals surface area contributed by atoms with E-state index < -0.39 is 0 Å². The molecular weight excluding hydrogens is 294 g/mol. The van der Waals surface area contributed by atoms with E-state index in [1.165, 1.54) is 0 Å². The zero-order chi connectivity index (χ0) is 13.0. The number of aromatic nitrogens is 2. The summed E-state index contributed by atoms with van der Waals surface area (Å²) in [4.78, 5) is 21.8. The van der Waals surface area contributed by atoms with Crippen LogP contribution in [0.15, 0.2) is 47.3 Å². The Hall–Kier alpha value is -1.75. The Labute approximate surface area is 114 Å². The monoisotopic (exact) mass is 305 g/mol. The van der Waals surface area contributed by atoms with Crippen LogP contribution >= 0.6 is 15.9 Å². The molecule has 0 N–H and O–H groups in total. The molecule has 0 fully saturated rings. The van der Waals surface area contributed by atoms with Gasteiger partial charge in [0.15, 0.2) is 0 Å². The molecule has 1 amide bonds. The van der Waals surface area contributed by atoms with Gasteiger partial charge in [0.1, 0.15) is 5.69 Å². The van der Waals surface area contributed by atoms with Crippen molar-refractivity contribution in [2.75, 3.05) is 7.05 Å². The minimum atomic E-state index is -0.105. The van der Waals surface area contributed by atoms with Crippen molar-refractivity contribution < 1.29 is 4.79 Å². The highest BCUT2D eigenvalue weighted by Crippen LogP contribution is 2.10. The lowest BCUT2D eigenvalue weighted by atomic mass is 10.2. The number of pyridine rings is 2. The summed E-state index contributed by atoms with van der Waals surface area (Å²) in [5, 5.41) is 0. The molecule has 92 valence electrons. The summed E-state index contributed by atoms with van der Waals surface area (Å²) < 4.78 is 0.856. The molecule has 2 heterocycles. The topological polar surface area (TPSA) is 46.1 Å². The highest BCUT2D eigenvalue weighted by molar-refractivity contribution is 9.10. The number of amides is 1. The Morgan fingerprint density at radius 3 is 2.78 bits per heavy atom. The fourth-order valence-corrected chi connectivity index (χ4v) is 1.77. The highest BCUT2D eigenvalue weighted by atomic mass is 79.9. The first-order chi connectivity index (χ1) is 8.66. The molecule has 0 saturated carbocycles. The van der Waals surface area contributed by atoms with Crippen LogP contribution < -0.4 is 0 Å². The molecule has 0 aliphatic heterocycles. The van der Waals surface area contributed by atoms with Gasteiger partial charge in [-0.1, -0.05) is 6.07 Å². The van der Waals surface area contributed by atoms with Crippen molar-refractivity contribution in [1.82, 2.24) is 14.9 Å². The fourth-order valence-electron chi connectivity index (χ4n) is 1.54. The standard InChI is InChI=1S/C13H12BrN3O/c1-17(9-10-3-2-6-15-7-10)13(18)12-5-4-11(14)8-16-12/h2-8H,9H2,1H3. The van der Waals surface area contributed by atoms with Gasteiger partial charge in [-0.25, -0.2) is 4.98 Å². The SMILES string of the molecule is CN(Cc1cccnc1)C(=O)c1ccc(Br)cn1. The van der Waals surface area contributed by atoms with E-state index in [0.29, 0.717) is 12.2 Å². The molecule has 0 aliphatic carbocycles. The molecule has 0 spiro atoms. The third kappa shape index (κ3) is 3.13. The molecule has 0 unspecified atom stereocenters. The molecule has 4 nitrogen and oxygen atoms in total. The van der Waals surface area contributed by atoms with Crippen LogP contribution in [0.4, 0.5) is 0 Å². The van der Waals surface area contributed by atoms with Crippen LogP contribution in [0.2, 0.25) is 0 Å². The maximum atomic E-state index is 12.1. The van der Waals surface area contributed by atoms with Gasteiger partial charge in [-0.15, -0.1) is 0 Å². The minimum Gasteiger partial charge on any atom is -0.336 e. The first-order valence-electron chi connectivity index (χ1n) is 5.43. The van der Waals surface area contributed by atoms with E-state index in [1.807, 2.05) is 12.1 Å². The van der Waals surface area contributed by atoms with E-state index >= 15 is 0 Å². The van der Waals surface area contributed by atoms with Gasteiger partial charge in [0.25, 0.3) is 5.91 Å². The predicted molar refractivity (Wildman–Crippen MR) is 72.0 cm³/mol. The molecule has 18 heavy (non-hydrogen) atoms. The molecule has 2 aromatic rings. The van der Waals surface area contributed by atoms with E-state index in [0.717, 1.165) is 10.0 Å². The average Bonchev–Trinajstić information content (AvgIpc) is 2.40. The third-order valence-corrected chi connectivity index (χ3v) is 2.90. The van der Waals surface area contributed by atoms with Crippen molar-refractivity contribution in [3.8, 4) is 0 Å². The van der Waals surface area contributed by atoms with Gasteiger partial charge in [-0.2, -0.15) is 0 Å². The van der Waals surface area contributed by atoms with E-state index in [4.69, 9.17) is 0 Å². The van der Waals surface area contributed by atoms with E-state index in [1.54, 1.807) is 42.7 Å². The summed E-state index contributed by atoms with van der Waals surface area (Å²) >= 11 is 3.29. The van der Waals surface area contributed by atoms with Gasteiger partial charge in [0.2, 0.25) is 0 Å².